The Bertz CT molecular complexity index is 841. The van der Waals surface area contributed by atoms with Gasteiger partial charge in [0.05, 0.1) is 22.7 Å². The number of halogens is 2. The third-order valence-electron chi connectivity index (χ3n) is 3.40. The summed E-state index contributed by atoms with van der Waals surface area (Å²) >= 11 is 8.22. The van der Waals surface area contributed by atoms with Crippen LogP contribution in [0.1, 0.15) is 16.1 Å². The summed E-state index contributed by atoms with van der Waals surface area (Å²) in [5, 5.41) is 6.08. The van der Waals surface area contributed by atoms with E-state index in [1.807, 2.05) is 37.4 Å². The molecule has 0 radical (unpaired) electrons. The van der Waals surface area contributed by atoms with Gasteiger partial charge in [-0.3, -0.25) is 9.48 Å². The molecule has 21 heavy (non-hydrogen) atoms. The third-order valence-corrected chi connectivity index (χ3v) is 4.98. The number of rotatable bonds is 3. The van der Waals surface area contributed by atoms with Crippen molar-refractivity contribution in [2.45, 2.75) is 6.42 Å². The lowest BCUT2D eigenvalue weighted by molar-refractivity contribution is 0.0992. The smallest absolute Gasteiger partial charge is 0.168 e. The van der Waals surface area contributed by atoms with Crippen LogP contribution in [0.2, 0.25) is 5.02 Å². The molecule has 0 aliphatic heterocycles. The molecule has 0 unspecified atom stereocenters. The van der Waals surface area contributed by atoms with Crippen molar-refractivity contribution < 1.29 is 4.79 Å². The van der Waals surface area contributed by atoms with Gasteiger partial charge in [-0.2, -0.15) is 5.10 Å². The largest absolute Gasteiger partial charge is 0.294 e. The first kappa shape index (κ1) is 14.5. The van der Waals surface area contributed by atoms with Crippen LogP contribution in [0.3, 0.4) is 0 Å². The van der Waals surface area contributed by atoms with Gasteiger partial charge < -0.3 is 0 Å². The Morgan fingerprint density at radius 2 is 2.05 bits per heavy atom. The molecule has 0 saturated carbocycles. The molecule has 5 heteroatoms. The fourth-order valence-electron chi connectivity index (χ4n) is 2.34. The summed E-state index contributed by atoms with van der Waals surface area (Å²) in [6.07, 6.45) is 0.276. The molecule has 0 aliphatic rings. The van der Waals surface area contributed by atoms with Gasteiger partial charge in [0.2, 0.25) is 0 Å². The normalized spacial score (nSPS) is 11.0. The summed E-state index contributed by atoms with van der Waals surface area (Å²) in [6, 6.07) is 13.3. The molecule has 0 N–H and O–H groups in total. The highest BCUT2D eigenvalue weighted by Crippen LogP contribution is 2.22. The number of Topliss-reactive ketones (excluding diaryl/α,β-unsaturated/α-hetero) is 1. The van der Waals surface area contributed by atoms with Crippen LogP contribution in [0.15, 0.2) is 42.5 Å². The minimum Gasteiger partial charge on any atom is -0.294 e. The van der Waals surface area contributed by atoms with Gasteiger partial charge in [-0.15, -0.1) is 0 Å². The number of fused-ring (bicyclic) bond motifs is 1. The molecule has 0 spiro atoms. The Labute approximate surface area is 141 Å². The van der Waals surface area contributed by atoms with E-state index >= 15 is 0 Å². The molecule has 106 valence electrons. The van der Waals surface area contributed by atoms with Crippen LogP contribution in [0.5, 0.6) is 0 Å². The molecule has 0 atom stereocenters. The lowest BCUT2D eigenvalue weighted by Crippen LogP contribution is -2.05. The van der Waals surface area contributed by atoms with Gasteiger partial charge in [-0.05, 0) is 40.8 Å². The van der Waals surface area contributed by atoms with Crippen molar-refractivity contribution >= 4 is 50.9 Å². The number of carbonyl (C=O) groups excluding carboxylic acids is 1. The maximum atomic E-state index is 12.4. The van der Waals surface area contributed by atoms with Gasteiger partial charge in [-0.25, -0.2) is 0 Å². The van der Waals surface area contributed by atoms with Gasteiger partial charge in [-0.1, -0.05) is 35.9 Å². The van der Waals surface area contributed by atoms with Crippen molar-refractivity contribution in [1.82, 2.24) is 9.78 Å². The van der Waals surface area contributed by atoms with Crippen molar-refractivity contribution in [3.63, 3.8) is 0 Å². The minimum absolute atomic E-state index is 0.0251. The van der Waals surface area contributed by atoms with E-state index in [4.69, 9.17) is 11.6 Å². The zero-order valence-electron chi connectivity index (χ0n) is 11.3. The highest BCUT2D eigenvalue weighted by molar-refractivity contribution is 14.1. The second-order valence-electron chi connectivity index (χ2n) is 4.82. The molecule has 2 aromatic carbocycles. The Morgan fingerprint density at radius 1 is 1.29 bits per heavy atom. The van der Waals surface area contributed by atoms with Gasteiger partial charge in [0.25, 0.3) is 0 Å². The quantitative estimate of drug-likeness (QED) is 0.478. The maximum absolute atomic E-state index is 12.4. The molecular formula is C16H12ClIN2O. The molecule has 0 amide bonds. The number of benzene rings is 2. The first-order valence-electron chi connectivity index (χ1n) is 6.45. The van der Waals surface area contributed by atoms with Crippen LogP contribution in [0.4, 0.5) is 0 Å². The van der Waals surface area contributed by atoms with Crippen LogP contribution >= 0.6 is 34.2 Å². The van der Waals surface area contributed by atoms with E-state index in [2.05, 4.69) is 27.7 Å². The Balaban J connectivity index is 1.94. The molecule has 3 aromatic rings. The summed E-state index contributed by atoms with van der Waals surface area (Å²) in [4.78, 5) is 12.4. The molecular weight excluding hydrogens is 399 g/mol. The van der Waals surface area contributed by atoms with Crippen molar-refractivity contribution in [2.75, 3.05) is 0 Å². The average molecular weight is 411 g/mol. The van der Waals surface area contributed by atoms with E-state index in [0.29, 0.717) is 10.6 Å². The van der Waals surface area contributed by atoms with Crippen LogP contribution in [-0.4, -0.2) is 15.6 Å². The summed E-state index contributed by atoms with van der Waals surface area (Å²) in [5.74, 6) is 0.0251. The van der Waals surface area contributed by atoms with E-state index in [0.717, 1.165) is 20.2 Å². The highest BCUT2D eigenvalue weighted by atomic mass is 127. The molecule has 1 heterocycles. The number of nitrogens with zero attached hydrogens (tertiary/aromatic N) is 2. The highest BCUT2D eigenvalue weighted by Gasteiger charge is 2.14. The Hall–Kier alpha value is -1.40. The van der Waals surface area contributed by atoms with E-state index in [1.54, 1.807) is 16.8 Å². The van der Waals surface area contributed by atoms with Crippen molar-refractivity contribution in [3.8, 4) is 0 Å². The number of carbonyl (C=O) groups is 1. The zero-order valence-corrected chi connectivity index (χ0v) is 14.2. The fraction of sp³-hybridized carbons (Fsp3) is 0.125. The molecule has 3 rings (SSSR count). The van der Waals surface area contributed by atoms with Gasteiger partial charge >= 0.3 is 0 Å². The van der Waals surface area contributed by atoms with Crippen LogP contribution in [0, 0.1) is 3.57 Å². The predicted molar refractivity (Wildman–Crippen MR) is 92.9 cm³/mol. The van der Waals surface area contributed by atoms with Crippen molar-refractivity contribution in [2.24, 2.45) is 7.05 Å². The lowest BCUT2D eigenvalue weighted by atomic mass is 10.0. The average Bonchev–Trinajstić information content (AvgIpc) is 2.79. The standard InChI is InChI=1S/C16H12ClIN2O/c1-20-15-5-3-2-4-11(15)14(19-20)9-16(21)10-6-7-13(18)12(17)8-10/h2-8H,9H2,1H3. The minimum atomic E-state index is 0.0251. The van der Waals surface area contributed by atoms with Gasteiger partial charge in [0.1, 0.15) is 0 Å². The van der Waals surface area contributed by atoms with Gasteiger partial charge in [0, 0.05) is 21.6 Å². The number of hydrogen-bond acceptors (Lipinski definition) is 2. The van der Waals surface area contributed by atoms with Gasteiger partial charge in [0.15, 0.2) is 5.78 Å². The van der Waals surface area contributed by atoms with Crippen molar-refractivity contribution in [3.05, 3.63) is 62.3 Å². The Morgan fingerprint density at radius 3 is 2.81 bits per heavy atom. The summed E-state index contributed by atoms with van der Waals surface area (Å²) < 4.78 is 2.74. The maximum Gasteiger partial charge on any atom is 0.168 e. The van der Waals surface area contributed by atoms with E-state index in [1.165, 1.54) is 0 Å². The fourth-order valence-corrected chi connectivity index (χ4v) is 2.86. The first-order valence-corrected chi connectivity index (χ1v) is 7.91. The molecule has 1 aromatic heterocycles. The molecule has 0 saturated heterocycles. The number of para-hydroxylation sites is 1. The van der Waals surface area contributed by atoms with E-state index in [-0.39, 0.29) is 12.2 Å². The zero-order chi connectivity index (χ0) is 15.0. The Kier molecular flexibility index (Phi) is 3.99. The summed E-state index contributed by atoms with van der Waals surface area (Å²) in [6.45, 7) is 0. The second-order valence-corrected chi connectivity index (χ2v) is 6.39. The van der Waals surface area contributed by atoms with Crippen LogP contribution < -0.4 is 0 Å². The molecule has 3 nitrogen and oxygen atoms in total. The molecule has 0 aliphatic carbocycles. The number of ketones is 1. The predicted octanol–water partition coefficient (Wildman–Crippen LogP) is 4.26. The van der Waals surface area contributed by atoms with Crippen LogP contribution in [0.25, 0.3) is 10.9 Å². The van der Waals surface area contributed by atoms with E-state index in [9.17, 15) is 4.79 Å². The summed E-state index contributed by atoms with van der Waals surface area (Å²) in [7, 11) is 1.89. The molecule has 0 bridgehead atoms. The number of hydrogen-bond donors (Lipinski definition) is 0. The third kappa shape index (κ3) is 2.82. The summed E-state index contributed by atoms with van der Waals surface area (Å²) in [5.41, 5.74) is 2.45. The van der Waals surface area contributed by atoms with E-state index < -0.39 is 0 Å². The number of aryl methyl sites for hydroxylation is 1. The monoisotopic (exact) mass is 410 g/mol. The van der Waals surface area contributed by atoms with Crippen molar-refractivity contribution in [1.29, 1.82) is 0 Å². The first-order chi connectivity index (χ1) is 10.1. The second kappa shape index (κ2) is 5.77. The molecule has 0 fully saturated rings. The lowest BCUT2D eigenvalue weighted by Gasteiger charge is -2.02. The van der Waals surface area contributed by atoms with Crippen LogP contribution in [-0.2, 0) is 13.5 Å². The number of aromatic nitrogens is 2. The topological polar surface area (TPSA) is 34.9 Å². The SMILES string of the molecule is Cn1nc(CC(=O)c2ccc(I)c(Cl)c2)c2ccccc21.